The molecule has 1 N–H and O–H groups in total. The van der Waals surface area contributed by atoms with Gasteiger partial charge >= 0.3 is 6.09 Å². The second-order valence-corrected chi connectivity index (χ2v) is 4.55. The van der Waals surface area contributed by atoms with Gasteiger partial charge in [-0.25, -0.2) is 4.79 Å². The molecule has 1 aliphatic heterocycles. The van der Waals surface area contributed by atoms with Crippen molar-refractivity contribution in [3.05, 3.63) is 28.8 Å². The van der Waals surface area contributed by atoms with E-state index in [1.165, 1.54) is 4.90 Å². The molecule has 1 heterocycles. The predicted octanol–water partition coefficient (Wildman–Crippen LogP) is 2.45. The topological polar surface area (TPSA) is 43.8 Å². The van der Waals surface area contributed by atoms with Crippen LogP contribution in [0, 0.1) is 6.92 Å². The first kappa shape index (κ1) is 12.0. The van der Waals surface area contributed by atoms with Gasteiger partial charge in [0.2, 0.25) is 0 Å². The third-order valence-electron chi connectivity index (χ3n) is 3.13. The summed E-state index contributed by atoms with van der Waals surface area (Å²) in [5.74, 6) is 0. The zero-order chi connectivity index (χ0) is 12.4. The summed E-state index contributed by atoms with van der Waals surface area (Å²) >= 11 is 6.08. The molecule has 2 rings (SSSR count). The lowest BCUT2D eigenvalue weighted by molar-refractivity contribution is 0.142. The number of halogens is 1. The van der Waals surface area contributed by atoms with Gasteiger partial charge in [-0.1, -0.05) is 17.7 Å². The zero-order valence-electron chi connectivity index (χ0n) is 9.69. The van der Waals surface area contributed by atoms with Gasteiger partial charge in [0.1, 0.15) is 0 Å². The van der Waals surface area contributed by atoms with Gasteiger partial charge in [0, 0.05) is 36.9 Å². The van der Waals surface area contributed by atoms with E-state index in [0.717, 1.165) is 16.3 Å². The molecule has 1 aliphatic rings. The number of amides is 1. The van der Waals surface area contributed by atoms with Crippen LogP contribution in [0.2, 0.25) is 5.02 Å². The van der Waals surface area contributed by atoms with Gasteiger partial charge in [-0.2, -0.15) is 0 Å². The van der Waals surface area contributed by atoms with Crippen LogP contribution in [0.15, 0.2) is 18.2 Å². The number of hydrogen-bond acceptors (Lipinski definition) is 2. The molecule has 0 bridgehead atoms. The molecular formula is C12H15ClN2O2. The molecule has 17 heavy (non-hydrogen) atoms. The molecule has 0 saturated carbocycles. The van der Waals surface area contributed by atoms with Gasteiger partial charge in [-0.05, 0) is 24.6 Å². The second-order valence-electron chi connectivity index (χ2n) is 4.14. The van der Waals surface area contributed by atoms with Crippen LogP contribution in [0.3, 0.4) is 0 Å². The van der Waals surface area contributed by atoms with Crippen molar-refractivity contribution in [2.75, 3.05) is 31.1 Å². The van der Waals surface area contributed by atoms with E-state index in [0.29, 0.717) is 26.2 Å². The van der Waals surface area contributed by atoms with Crippen molar-refractivity contribution >= 4 is 23.4 Å². The number of anilines is 1. The SMILES string of the molecule is Cc1c(Cl)cccc1N1CCN(C(=O)O)CC1. The van der Waals surface area contributed by atoms with Crippen LogP contribution in [0.25, 0.3) is 0 Å². The Morgan fingerprint density at radius 1 is 1.29 bits per heavy atom. The first-order valence-corrected chi connectivity index (χ1v) is 5.95. The molecule has 1 amide bonds. The van der Waals surface area contributed by atoms with E-state index in [1.54, 1.807) is 0 Å². The highest BCUT2D eigenvalue weighted by Crippen LogP contribution is 2.27. The van der Waals surface area contributed by atoms with Gasteiger partial charge < -0.3 is 14.9 Å². The van der Waals surface area contributed by atoms with Crippen molar-refractivity contribution in [2.24, 2.45) is 0 Å². The number of carbonyl (C=O) groups is 1. The van der Waals surface area contributed by atoms with E-state index in [4.69, 9.17) is 16.7 Å². The number of carboxylic acid groups (broad SMARTS) is 1. The molecule has 0 atom stereocenters. The lowest BCUT2D eigenvalue weighted by Gasteiger charge is -2.35. The average Bonchev–Trinajstić information content (AvgIpc) is 2.33. The minimum atomic E-state index is -0.840. The van der Waals surface area contributed by atoms with E-state index < -0.39 is 6.09 Å². The smallest absolute Gasteiger partial charge is 0.407 e. The largest absolute Gasteiger partial charge is 0.465 e. The Kier molecular flexibility index (Phi) is 3.43. The van der Waals surface area contributed by atoms with Crippen molar-refractivity contribution in [3.8, 4) is 0 Å². The third kappa shape index (κ3) is 2.47. The lowest BCUT2D eigenvalue weighted by Crippen LogP contribution is -2.48. The highest BCUT2D eigenvalue weighted by Gasteiger charge is 2.21. The van der Waals surface area contributed by atoms with Gasteiger partial charge in [-0.15, -0.1) is 0 Å². The first-order valence-electron chi connectivity index (χ1n) is 5.57. The quantitative estimate of drug-likeness (QED) is 0.837. The Morgan fingerprint density at radius 2 is 1.94 bits per heavy atom. The number of rotatable bonds is 1. The Bertz CT molecular complexity index is 429. The highest BCUT2D eigenvalue weighted by molar-refractivity contribution is 6.31. The normalized spacial score (nSPS) is 16.1. The van der Waals surface area contributed by atoms with Crippen molar-refractivity contribution in [2.45, 2.75) is 6.92 Å². The molecule has 0 unspecified atom stereocenters. The summed E-state index contributed by atoms with van der Waals surface area (Å²) in [5, 5.41) is 9.63. The fraction of sp³-hybridized carbons (Fsp3) is 0.417. The molecule has 1 fully saturated rings. The number of benzene rings is 1. The van der Waals surface area contributed by atoms with Crippen molar-refractivity contribution < 1.29 is 9.90 Å². The van der Waals surface area contributed by atoms with Crippen LogP contribution >= 0.6 is 11.6 Å². The van der Waals surface area contributed by atoms with Gasteiger partial charge in [-0.3, -0.25) is 0 Å². The third-order valence-corrected chi connectivity index (χ3v) is 3.54. The molecule has 0 aromatic heterocycles. The summed E-state index contributed by atoms with van der Waals surface area (Å²) in [6.45, 7) is 4.50. The molecule has 4 nitrogen and oxygen atoms in total. The number of piperazine rings is 1. The van der Waals surface area contributed by atoms with Crippen LogP contribution < -0.4 is 4.90 Å². The molecule has 1 aromatic rings. The minimum Gasteiger partial charge on any atom is -0.465 e. The Labute approximate surface area is 105 Å². The van der Waals surface area contributed by atoms with E-state index in [2.05, 4.69) is 4.90 Å². The Balaban J connectivity index is 2.10. The highest BCUT2D eigenvalue weighted by atomic mass is 35.5. The first-order chi connectivity index (χ1) is 8.09. The van der Waals surface area contributed by atoms with E-state index >= 15 is 0 Å². The fourth-order valence-corrected chi connectivity index (χ4v) is 2.25. The Hall–Kier alpha value is -1.42. The van der Waals surface area contributed by atoms with Crippen molar-refractivity contribution in [3.63, 3.8) is 0 Å². The summed E-state index contributed by atoms with van der Waals surface area (Å²) in [7, 11) is 0. The van der Waals surface area contributed by atoms with E-state index in [-0.39, 0.29) is 0 Å². The maximum Gasteiger partial charge on any atom is 0.407 e. The van der Waals surface area contributed by atoms with Crippen LogP contribution in [0.5, 0.6) is 0 Å². The molecule has 0 spiro atoms. The average molecular weight is 255 g/mol. The van der Waals surface area contributed by atoms with E-state index in [1.807, 2.05) is 25.1 Å². The van der Waals surface area contributed by atoms with Gasteiger partial charge in [0.05, 0.1) is 0 Å². The number of hydrogen-bond donors (Lipinski definition) is 1. The summed E-state index contributed by atoms with van der Waals surface area (Å²) in [6.07, 6.45) is -0.840. The summed E-state index contributed by atoms with van der Waals surface area (Å²) in [4.78, 5) is 14.4. The standard InChI is InChI=1S/C12H15ClN2O2/c1-9-10(13)3-2-4-11(9)14-5-7-15(8-6-14)12(16)17/h2-4H,5-8H2,1H3,(H,16,17). The van der Waals surface area contributed by atoms with Crippen molar-refractivity contribution in [1.29, 1.82) is 0 Å². The molecule has 0 radical (unpaired) electrons. The minimum absolute atomic E-state index is 0.543. The van der Waals surface area contributed by atoms with Gasteiger partial charge in [0.15, 0.2) is 0 Å². The molecule has 5 heteroatoms. The van der Waals surface area contributed by atoms with Crippen LogP contribution in [-0.4, -0.2) is 42.3 Å². The maximum atomic E-state index is 10.8. The molecule has 1 aromatic carbocycles. The Morgan fingerprint density at radius 3 is 2.53 bits per heavy atom. The van der Waals surface area contributed by atoms with Crippen LogP contribution in [-0.2, 0) is 0 Å². The zero-order valence-corrected chi connectivity index (χ0v) is 10.4. The van der Waals surface area contributed by atoms with Crippen LogP contribution in [0.4, 0.5) is 10.5 Å². The van der Waals surface area contributed by atoms with Gasteiger partial charge in [0.25, 0.3) is 0 Å². The monoisotopic (exact) mass is 254 g/mol. The number of nitrogens with zero attached hydrogens (tertiary/aromatic N) is 2. The maximum absolute atomic E-state index is 10.8. The molecule has 1 saturated heterocycles. The summed E-state index contributed by atoms with van der Waals surface area (Å²) in [5.41, 5.74) is 2.15. The fourth-order valence-electron chi connectivity index (χ4n) is 2.08. The molecular weight excluding hydrogens is 240 g/mol. The second kappa shape index (κ2) is 4.84. The lowest BCUT2D eigenvalue weighted by atomic mass is 10.1. The molecule has 0 aliphatic carbocycles. The van der Waals surface area contributed by atoms with E-state index in [9.17, 15) is 4.79 Å². The molecule has 92 valence electrons. The van der Waals surface area contributed by atoms with Crippen LogP contribution in [0.1, 0.15) is 5.56 Å². The summed E-state index contributed by atoms with van der Waals surface area (Å²) in [6, 6.07) is 5.82. The summed E-state index contributed by atoms with van der Waals surface area (Å²) < 4.78 is 0. The predicted molar refractivity (Wildman–Crippen MR) is 68.0 cm³/mol. The van der Waals surface area contributed by atoms with Crippen molar-refractivity contribution in [1.82, 2.24) is 4.90 Å².